The first kappa shape index (κ1) is 21.2. The predicted molar refractivity (Wildman–Crippen MR) is 118 cm³/mol. The number of rotatable bonds is 4. The summed E-state index contributed by atoms with van der Waals surface area (Å²) in [6, 6.07) is 13.9. The third kappa shape index (κ3) is 5.94. The summed E-state index contributed by atoms with van der Waals surface area (Å²) in [7, 11) is 0. The second-order valence-corrected chi connectivity index (χ2v) is 9.25. The molecule has 0 aliphatic carbocycles. The molecular weight excluding hydrogens is 354 g/mol. The zero-order valence-electron chi connectivity index (χ0n) is 17.1. The van der Waals surface area contributed by atoms with Gasteiger partial charge in [0.05, 0.1) is 0 Å². The molecule has 2 aromatic carbocycles. The number of para-hydroxylation sites is 1. The fraction of sp³-hybridized carbons (Fsp3) is 0.409. The summed E-state index contributed by atoms with van der Waals surface area (Å²) in [4.78, 5) is 0. The Hall–Kier alpha value is -2.11. The number of anilines is 1. The van der Waals surface area contributed by atoms with E-state index in [0.717, 1.165) is 22.4 Å². The summed E-state index contributed by atoms with van der Waals surface area (Å²) in [5, 5.41) is 14.4. The number of aromatic hydroxyl groups is 1. The van der Waals surface area contributed by atoms with Crippen molar-refractivity contribution in [3.63, 3.8) is 0 Å². The summed E-state index contributed by atoms with van der Waals surface area (Å²) in [6.07, 6.45) is 0. The van der Waals surface area contributed by atoms with E-state index in [1.807, 2.05) is 30.3 Å². The van der Waals surface area contributed by atoms with Crippen LogP contribution in [0, 0.1) is 0 Å². The molecule has 0 fully saturated rings. The van der Waals surface area contributed by atoms with E-state index < -0.39 is 0 Å². The molecule has 2 rings (SSSR count). The molecule has 0 atom stereocenters. The molecule has 0 radical (unpaired) electrons. The van der Waals surface area contributed by atoms with Crippen LogP contribution in [0.2, 0.25) is 0 Å². The summed E-state index contributed by atoms with van der Waals surface area (Å²) in [6.45, 7) is 13.3. The highest BCUT2D eigenvalue weighted by atomic mass is 32.1. The second-order valence-electron chi connectivity index (χ2n) is 8.84. The van der Waals surface area contributed by atoms with Crippen molar-refractivity contribution in [3.8, 4) is 5.75 Å². The molecule has 0 bridgehead atoms. The standard InChI is InChI=1S/C22H31N3OS/c1-21(2,3)17-12-15(13-18(19(17)26)22(4,5)6)14-23-25-20(27)24-16-10-8-7-9-11-16/h7-13,23,26H,14H2,1-6H3,(H2,24,25,27). The second kappa shape index (κ2) is 8.28. The van der Waals surface area contributed by atoms with E-state index >= 15 is 0 Å². The lowest BCUT2D eigenvalue weighted by Crippen LogP contribution is -2.39. The Morgan fingerprint density at radius 1 is 0.926 bits per heavy atom. The summed E-state index contributed by atoms with van der Waals surface area (Å²) in [5.41, 5.74) is 9.84. The highest BCUT2D eigenvalue weighted by molar-refractivity contribution is 7.80. The van der Waals surface area contributed by atoms with Gasteiger partial charge in [-0.15, -0.1) is 0 Å². The minimum Gasteiger partial charge on any atom is -0.507 e. The average molecular weight is 386 g/mol. The van der Waals surface area contributed by atoms with Gasteiger partial charge in [0.25, 0.3) is 0 Å². The Morgan fingerprint density at radius 2 is 1.44 bits per heavy atom. The van der Waals surface area contributed by atoms with Crippen LogP contribution in [0.3, 0.4) is 0 Å². The van der Waals surface area contributed by atoms with Crippen LogP contribution in [0.5, 0.6) is 5.75 Å². The number of hydrogen-bond acceptors (Lipinski definition) is 3. The van der Waals surface area contributed by atoms with Gasteiger partial charge in [0.2, 0.25) is 0 Å². The summed E-state index contributed by atoms with van der Waals surface area (Å²) in [5.74, 6) is 0.396. The van der Waals surface area contributed by atoms with Gasteiger partial charge in [0.15, 0.2) is 5.11 Å². The molecule has 146 valence electrons. The molecule has 0 saturated carbocycles. The maximum atomic E-state index is 10.8. The lowest BCUT2D eigenvalue weighted by molar-refractivity contribution is 0.422. The van der Waals surface area contributed by atoms with Crippen molar-refractivity contribution < 1.29 is 5.11 Å². The number of phenols is 1. The number of hydrazine groups is 1. The van der Waals surface area contributed by atoms with E-state index in [4.69, 9.17) is 12.2 Å². The maximum absolute atomic E-state index is 10.8. The molecule has 0 unspecified atom stereocenters. The third-order valence-electron chi connectivity index (χ3n) is 4.31. The van der Waals surface area contributed by atoms with Crippen molar-refractivity contribution in [3.05, 3.63) is 59.2 Å². The lowest BCUT2D eigenvalue weighted by Gasteiger charge is -2.28. The molecule has 27 heavy (non-hydrogen) atoms. The van der Waals surface area contributed by atoms with Crippen LogP contribution in [0.1, 0.15) is 58.2 Å². The highest BCUT2D eigenvalue weighted by Crippen LogP contribution is 2.39. The van der Waals surface area contributed by atoms with Gasteiger partial charge < -0.3 is 10.4 Å². The molecule has 0 amide bonds. The van der Waals surface area contributed by atoms with Crippen LogP contribution in [0.4, 0.5) is 5.69 Å². The Morgan fingerprint density at radius 3 is 1.93 bits per heavy atom. The molecule has 4 N–H and O–H groups in total. The number of thiocarbonyl (C=S) groups is 1. The van der Waals surface area contributed by atoms with Gasteiger partial charge in [-0.2, -0.15) is 0 Å². The minimum absolute atomic E-state index is 0.141. The van der Waals surface area contributed by atoms with Crippen molar-refractivity contribution in [2.24, 2.45) is 0 Å². The number of benzene rings is 2. The zero-order chi connectivity index (χ0) is 20.2. The Kier molecular flexibility index (Phi) is 6.50. The van der Waals surface area contributed by atoms with Crippen LogP contribution in [0.25, 0.3) is 0 Å². The molecule has 4 nitrogen and oxygen atoms in total. The van der Waals surface area contributed by atoms with Crippen molar-refractivity contribution in [2.75, 3.05) is 5.32 Å². The summed E-state index contributed by atoms with van der Waals surface area (Å²) < 4.78 is 0. The van der Waals surface area contributed by atoms with Crippen molar-refractivity contribution >= 4 is 23.0 Å². The van der Waals surface area contributed by atoms with Crippen molar-refractivity contribution in [1.82, 2.24) is 10.9 Å². The van der Waals surface area contributed by atoms with E-state index in [2.05, 4.69) is 69.8 Å². The first-order chi connectivity index (χ1) is 12.5. The first-order valence-electron chi connectivity index (χ1n) is 9.20. The van der Waals surface area contributed by atoms with E-state index in [1.54, 1.807) is 0 Å². The molecule has 2 aromatic rings. The van der Waals surface area contributed by atoms with Gasteiger partial charge in [-0.1, -0.05) is 71.9 Å². The lowest BCUT2D eigenvalue weighted by atomic mass is 9.78. The van der Waals surface area contributed by atoms with Crippen LogP contribution in [0.15, 0.2) is 42.5 Å². The van der Waals surface area contributed by atoms with Crippen LogP contribution in [-0.2, 0) is 17.4 Å². The first-order valence-corrected chi connectivity index (χ1v) is 9.61. The average Bonchev–Trinajstić information content (AvgIpc) is 2.55. The van der Waals surface area contributed by atoms with Gasteiger partial charge in [-0.25, -0.2) is 5.43 Å². The fourth-order valence-electron chi connectivity index (χ4n) is 2.85. The molecule has 0 aliphatic heterocycles. The third-order valence-corrected chi connectivity index (χ3v) is 4.52. The van der Waals surface area contributed by atoms with Gasteiger partial charge in [0, 0.05) is 12.2 Å². The number of hydrogen-bond donors (Lipinski definition) is 4. The fourth-order valence-corrected chi connectivity index (χ4v) is 3.04. The normalized spacial score (nSPS) is 11.9. The largest absolute Gasteiger partial charge is 0.507 e. The highest BCUT2D eigenvalue weighted by Gasteiger charge is 2.26. The maximum Gasteiger partial charge on any atom is 0.185 e. The predicted octanol–water partition coefficient (Wildman–Crippen LogP) is 4.98. The Bertz CT molecular complexity index is 754. The minimum atomic E-state index is -0.141. The Labute approximate surface area is 168 Å². The van der Waals surface area contributed by atoms with Crippen LogP contribution < -0.4 is 16.2 Å². The number of nitrogens with one attached hydrogen (secondary N) is 3. The molecular formula is C22H31N3OS. The van der Waals surface area contributed by atoms with E-state index in [-0.39, 0.29) is 10.8 Å². The topological polar surface area (TPSA) is 56.3 Å². The smallest absolute Gasteiger partial charge is 0.185 e. The van der Waals surface area contributed by atoms with E-state index in [0.29, 0.717) is 17.4 Å². The van der Waals surface area contributed by atoms with Crippen LogP contribution in [-0.4, -0.2) is 10.2 Å². The van der Waals surface area contributed by atoms with Gasteiger partial charge >= 0.3 is 0 Å². The van der Waals surface area contributed by atoms with E-state index in [1.165, 1.54) is 0 Å². The molecule has 5 heteroatoms. The molecule has 0 spiro atoms. The quantitative estimate of drug-likeness (QED) is 0.442. The number of phenolic OH excluding ortho intramolecular Hbond substituents is 1. The molecule has 0 aromatic heterocycles. The molecule has 0 heterocycles. The van der Waals surface area contributed by atoms with Crippen molar-refractivity contribution in [1.29, 1.82) is 0 Å². The summed E-state index contributed by atoms with van der Waals surface area (Å²) >= 11 is 5.32. The van der Waals surface area contributed by atoms with Gasteiger partial charge in [-0.05, 0) is 51.9 Å². The Balaban J connectivity index is 2.10. The molecule has 0 saturated heterocycles. The van der Waals surface area contributed by atoms with Gasteiger partial charge in [0.1, 0.15) is 5.75 Å². The van der Waals surface area contributed by atoms with Crippen molar-refractivity contribution in [2.45, 2.75) is 58.9 Å². The zero-order valence-corrected chi connectivity index (χ0v) is 17.9. The molecule has 0 aliphatic rings. The SMILES string of the molecule is CC(C)(C)c1cc(CNNC(=S)Nc2ccccc2)cc(C(C)(C)C)c1O. The van der Waals surface area contributed by atoms with Gasteiger partial charge in [-0.3, -0.25) is 5.43 Å². The monoisotopic (exact) mass is 385 g/mol. The van der Waals surface area contributed by atoms with E-state index in [9.17, 15) is 5.11 Å². The van der Waals surface area contributed by atoms with Crippen LogP contribution >= 0.6 is 12.2 Å².